The molecule has 36 heavy (non-hydrogen) atoms. The Morgan fingerprint density at radius 3 is 2.47 bits per heavy atom. The summed E-state index contributed by atoms with van der Waals surface area (Å²) >= 11 is 0. The van der Waals surface area contributed by atoms with E-state index in [1.807, 2.05) is 37.1 Å². The average Bonchev–Trinajstić information content (AvgIpc) is 3.07. The fourth-order valence-corrected chi connectivity index (χ4v) is 4.87. The summed E-state index contributed by atoms with van der Waals surface area (Å²) in [5.41, 5.74) is 1.20. The van der Waals surface area contributed by atoms with Crippen molar-refractivity contribution in [3.05, 3.63) is 81.3 Å². The standard InChI is InChI=1S/C25H26N4O7/c1-14-19(13-27(3)12-17-6-4-5-11-26-17)22(28-21(14)20(15(2)30)23(28)31)25(33)36-24(32)16-7-9-18(10-8-16)29(34)35/h4-11,14-15,20-21,30H,12-13H2,1-3H3/t14-,15+,20+,21+/m0/s1. The van der Waals surface area contributed by atoms with Crippen molar-refractivity contribution in [2.45, 2.75) is 32.5 Å². The Labute approximate surface area is 207 Å². The maximum Gasteiger partial charge on any atom is 0.362 e. The van der Waals surface area contributed by atoms with Crippen LogP contribution in [0.15, 0.2) is 59.9 Å². The molecule has 0 aliphatic carbocycles. The Balaban J connectivity index is 1.59. The number of carbonyl (C=O) groups is 3. The van der Waals surface area contributed by atoms with Gasteiger partial charge in [0.15, 0.2) is 0 Å². The summed E-state index contributed by atoms with van der Waals surface area (Å²) in [6.07, 6.45) is 0.788. The molecule has 0 radical (unpaired) electrons. The van der Waals surface area contributed by atoms with Crippen LogP contribution in [0.3, 0.4) is 0 Å². The minimum absolute atomic E-state index is 0.00228. The second-order valence-corrected chi connectivity index (χ2v) is 9.10. The number of aliphatic hydroxyl groups excluding tert-OH is 1. The predicted molar refractivity (Wildman–Crippen MR) is 126 cm³/mol. The number of esters is 2. The Hall–Kier alpha value is -3.96. The van der Waals surface area contributed by atoms with E-state index in [0.29, 0.717) is 18.7 Å². The van der Waals surface area contributed by atoms with E-state index in [4.69, 9.17) is 4.74 Å². The van der Waals surface area contributed by atoms with E-state index < -0.39 is 40.8 Å². The number of non-ortho nitro benzene ring substituents is 1. The first-order valence-corrected chi connectivity index (χ1v) is 11.4. The Morgan fingerprint density at radius 1 is 1.19 bits per heavy atom. The van der Waals surface area contributed by atoms with Crippen molar-refractivity contribution in [3.8, 4) is 0 Å². The molecule has 1 amide bonds. The van der Waals surface area contributed by atoms with Gasteiger partial charge in [0.1, 0.15) is 5.70 Å². The molecule has 1 aromatic heterocycles. The largest absolute Gasteiger partial charge is 0.393 e. The van der Waals surface area contributed by atoms with E-state index in [0.717, 1.165) is 17.8 Å². The van der Waals surface area contributed by atoms with Crippen LogP contribution in [0, 0.1) is 22.0 Å². The smallest absolute Gasteiger partial charge is 0.362 e. The van der Waals surface area contributed by atoms with Crippen LogP contribution >= 0.6 is 0 Å². The molecular weight excluding hydrogens is 468 g/mol. The van der Waals surface area contributed by atoms with Gasteiger partial charge < -0.3 is 14.7 Å². The molecule has 4 atom stereocenters. The fourth-order valence-electron chi connectivity index (χ4n) is 4.87. The number of rotatable bonds is 8. The van der Waals surface area contributed by atoms with Crippen LogP contribution in [0.5, 0.6) is 0 Å². The fraction of sp³-hybridized carbons (Fsp3) is 0.360. The minimum Gasteiger partial charge on any atom is -0.393 e. The number of hydrogen-bond donors (Lipinski definition) is 1. The molecule has 11 nitrogen and oxygen atoms in total. The lowest BCUT2D eigenvalue weighted by Crippen LogP contribution is -2.63. The lowest BCUT2D eigenvalue weighted by atomic mass is 9.77. The van der Waals surface area contributed by atoms with Crippen LogP contribution in [0.4, 0.5) is 5.69 Å². The van der Waals surface area contributed by atoms with Crippen LogP contribution < -0.4 is 0 Å². The van der Waals surface area contributed by atoms with E-state index in [1.165, 1.54) is 24.0 Å². The topological polar surface area (TPSA) is 143 Å². The van der Waals surface area contributed by atoms with Crippen LogP contribution in [-0.2, 0) is 20.9 Å². The molecule has 0 bridgehead atoms. The van der Waals surface area contributed by atoms with E-state index in [1.54, 1.807) is 6.20 Å². The number of pyridine rings is 1. The van der Waals surface area contributed by atoms with Crippen molar-refractivity contribution in [1.29, 1.82) is 0 Å². The number of hydrogen-bond acceptors (Lipinski definition) is 9. The van der Waals surface area contributed by atoms with Gasteiger partial charge in [0.05, 0.1) is 34.2 Å². The second kappa shape index (κ2) is 9.96. The van der Waals surface area contributed by atoms with Gasteiger partial charge >= 0.3 is 11.9 Å². The van der Waals surface area contributed by atoms with E-state index >= 15 is 0 Å². The van der Waals surface area contributed by atoms with Crippen LogP contribution in [-0.4, -0.2) is 68.4 Å². The SMILES string of the molecule is C[C@@H](O)[C@H]1C(=O)N2C(C(=O)OC(=O)c3ccc([N+](=O)[O-])cc3)=C(CN(C)Cc3ccccn3)[C@H](C)[C@H]12. The van der Waals surface area contributed by atoms with Gasteiger partial charge in [0.25, 0.3) is 5.69 Å². The number of nitro groups is 1. The van der Waals surface area contributed by atoms with Crippen molar-refractivity contribution in [2.24, 2.45) is 11.8 Å². The van der Waals surface area contributed by atoms with Crippen LogP contribution in [0.2, 0.25) is 0 Å². The van der Waals surface area contributed by atoms with E-state index in [-0.39, 0.29) is 22.9 Å². The van der Waals surface area contributed by atoms with Gasteiger partial charge in [-0.1, -0.05) is 13.0 Å². The Morgan fingerprint density at radius 2 is 1.89 bits per heavy atom. The maximum atomic E-state index is 13.2. The molecule has 1 N–H and O–H groups in total. The monoisotopic (exact) mass is 494 g/mol. The summed E-state index contributed by atoms with van der Waals surface area (Å²) in [6.45, 7) is 4.20. The zero-order valence-corrected chi connectivity index (χ0v) is 20.0. The highest BCUT2D eigenvalue weighted by molar-refractivity contribution is 6.06. The zero-order chi connectivity index (χ0) is 26.1. The van der Waals surface area contributed by atoms with Crippen molar-refractivity contribution in [1.82, 2.24) is 14.8 Å². The van der Waals surface area contributed by atoms with Gasteiger partial charge in [-0.3, -0.25) is 24.8 Å². The number of β-lactam (4-membered cyclic amide) rings is 1. The molecular formula is C25H26N4O7. The molecule has 188 valence electrons. The van der Waals surface area contributed by atoms with Crippen molar-refractivity contribution in [3.63, 3.8) is 0 Å². The van der Waals surface area contributed by atoms with Crippen molar-refractivity contribution < 1.29 is 29.2 Å². The normalized spacial score (nSPS) is 21.8. The third kappa shape index (κ3) is 4.62. The lowest BCUT2D eigenvalue weighted by Gasteiger charge is -2.46. The number of benzene rings is 1. The molecule has 0 saturated carbocycles. The van der Waals surface area contributed by atoms with Gasteiger partial charge in [-0.2, -0.15) is 0 Å². The molecule has 3 heterocycles. The third-order valence-corrected chi connectivity index (χ3v) is 6.61. The molecule has 0 unspecified atom stereocenters. The third-order valence-electron chi connectivity index (χ3n) is 6.61. The molecule has 1 fully saturated rings. The molecule has 1 saturated heterocycles. The quantitative estimate of drug-likeness (QED) is 0.191. The Bertz CT molecular complexity index is 1230. The minimum atomic E-state index is -0.986. The van der Waals surface area contributed by atoms with Gasteiger partial charge in [0.2, 0.25) is 5.91 Å². The zero-order valence-electron chi connectivity index (χ0n) is 20.0. The highest BCUT2D eigenvalue weighted by atomic mass is 16.6. The highest BCUT2D eigenvalue weighted by Gasteiger charge is 2.60. The number of nitro benzene ring substituents is 1. The van der Waals surface area contributed by atoms with Gasteiger partial charge in [0, 0.05) is 37.3 Å². The second-order valence-electron chi connectivity index (χ2n) is 9.10. The number of aromatic nitrogens is 1. The first kappa shape index (κ1) is 25.1. The summed E-state index contributed by atoms with van der Waals surface area (Å²) in [6, 6.07) is 9.81. The number of fused-ring (bicyclic) bond motifs is 1. The Kier molecular flexibility index (Phi) is 6.95. The average molecular weight is 495 g/mol. The summed E-state index contributed by atoms with van der Waals surface area (Å²) in [7, 11) is 1.85. The first-order chi connectivity index (χ1) is 17.1. The highest BCUT2D eigenvalue weighted by Crippen LogP contribution is 2.47. The summed E-state index contributed by atoms with van der Waals surface area (Å²) in [4.78, 5) is 56.5. The lowest BCUT2D eigenvalue weighted by molar-refractivity contribution is -0.384. The number of aliphatic hydroxyl groups is 1. The number of amides is 1. The molecule has 2 aliphatic heterocycles. The van der Waals surface area contributed by atoms with Crippen LogP contribution in [0.25, 0.3) is 0 Å². The molecule has 11 heteroatoms. The molecule has 2 aliphatic rings. The first-order valence-electron chi connectivity index (χ1n) is 11.4. The molecule has 4 rings (SSSR count). The molecule has 1 aromatic carbocycles. The summed E-state index contributed by atoms with van der Waals surface area (Å²) < 4.78 is 5.10. The van der Waals surface area contributed by atoms with Gasteiger partial charge in [-0.15, -0.1) is 0 Å². The van der Waals surface area contributed by atoms with Crippen molar-refractivity contribution in [2.75, 3.05) is 13.6 Å². The maximum absolute atomic E-state index is 13.2. The van der Waals surface area contributed by atoms with E-state index in [2.05, 4.69) is 4.98 Å². The van der Waals surface area contributed by atoms with Crippen molar-refractivity contribution >= 4 is 23.5 Å². The number of nitrogens with zero attached hydrogens (tertiary/aromatic N) is 4. The molecule has 0 spiro atoms. The number of likely N-dealkylation sites (N-methyl/N-ethyl adjacent to an activating group) is 1. The van der Waals surface area contributed by atoms with E-state index in [9.17, 15) is 29.6 Å². The van der Waals surface area contributed by atoms with Gasteiger partial charge in [-0.05, 0) is 43.8 Å². The predicted octanol–water partition coefficient (Wildman–Crippen LogP) is 1.92. The van der Waals surface area contributed by atoms with Gasteiger partial charge in [-0.25, -0.2) is 9.59 Å². The number of carbonyl (C=O) groups excluding carboxylic acids is 3. The summed E-state index contributed by atoms with van der Waals surface area (Å²) in [5, 5.41) is 21.0. The summed E-state index contributed by atoms with van der Waals surface area (Å²) in [5.74, 6) is -3.29. The molecule has 2 aromatic rings. The number of ether oxygens (including phenoxy) is 1. The van der Waals surface area contributed by atoms with Crippen LogP contribution in [0.1, 0.15) is 29.9 Å².